The zero-order chi connectivity index (χ0) is 26.1. The van der Waals surface area contributed by atoms with Gasteiger partial charge in [-0.2, -0.15) is 0 Å². The Balaban J connectivity index is 1.15. The Morgan fingerprint density at radius 2 is 1.76 bits per heavy atom. The highest BCUT2D eigenvalue weighted by Gasteiger charge is 2.33. The van der Waals surface area contributed by atoms with Crippen LogP contribution < -0.4 is 15.1 Å². The van der Waals surface area contributed by atoms with E-state index in [4.69, 9.17) is 16.1 Å². The number of nitrogens with one attached hydrogen (secondary N) is 2. The minimum Gasteiger partial charge on any atom is -0.378 e. The Morgan fingerprint density at radius 3 is 2.45 bits per heavy atom. The lowest BCUT2D eigenvalue weighted by molar-refractivity contribution is -0.113. The SMILES string of the molecule is C#CC(=O)N(c1ccc2[nH]c(-c3ccc(C(=O)Nc4ccc(N5CCOCC5)cc4)cc3)nc2c1)C1CC1. The van der Waals surface area contributed by atoms with Crippen LogP contribution in [0, 0.1) is 12.3 Å². The van der Waals surface area contributed by atoms with Crippen molar-refractivity contribution in [1.82, 2.24) is 9.97 Å². The summed E-state index contributed by atoms with van der Waals surface area (Å²) in [4.78, 5) is 37.1. The van der Waals surface area contributed by atoms with Gasteiger partial charge in [0, 0.05) is 47.3 Å². The fourth-order valence-electron chi connectivity index (χ4n) is 4.74. The summed E-state index contributed by atoms with van der Waals surface area (Å²) in [6, 6.07) is 21.0. The molecule has 1 aromatic heterocycles. The van der Waals surface area contributed by atoms with Crippen molar-refractivity contribution in [2.24, 2.45) is 0 Å². The first kappa shape index (κ1) is 23.8. The summed E-state index contributed by atoms with van der Waals surface area (Å²) in [6.45, 7) is 3.20. The van der Waals surface area contributed by atoms with Gasteiger partial charge in [0.05, 0.1) is 24.2 Å². The van der Waals surface area contributed by atoms with E-state index in [0.717, 1.165) is 72.8 Å². The van der Waals surface area contributed by atoms with Gasteiger partial charge in [-0.15, -0.1) is 6.42 Å². The van der Waals surface area contributed by atoms with Crippen LogP contribution in [0.3, 0.4) is 0 Å². The summed E-state index contributed by atoms with van der Waals surface area (Å²) in [5.74, 6) is 2.41. The van der Waals surface area contributed by atoms with Crippen molar-refractivity contribution in [3.8, 4) is 23.7 Å². The Kier molecular flexibility index (Phi) is 6.28. The van der Waals surface area contributed by atoms with Crippen LogP contribution in [0.1, 0.15) is 23.2 Å². The number of fused-ring (bicyclic) bond motifs is 1. The topological polar surface area (TPSA) is 90.6 Å². The minimum atomic E-state index is -0.329. The van der Waals surface area contributed by atoms with E-state index in [-0.39, 0.29) is 17.9 Å². The van der Waals surface area contributed by atoms with Crippen molar-refractivity contribution in [1.29, 1.82) is 0 Å². The van der Waals surface area contributed by atoms with Crippen LogP contribution in [0.15, 0.2) is 66.7 Å². The van der Waals surface area contributed by atoms with Gasteiger partial charge < -0.3 is 19.9 Å². The Labute approximate surface area is 220 Å². The van der Waals surface area contributed by atoms with Crippen molar-refractivity contribution < 1.29 is 14.3 Å². The summed E-state index contributed by atoms with van der Waals surface area (Å²) in [5.41, 5.74) is 5.63. The number of H-pyrrole nitrogens is 1. The molecule has 1 saturated carbocycles. The van der Waals surface area contributed by atoms with Crippen LogP contribution in [0.25, 0.3) is 22.4 Å². The zero-order valence-corrected chi connectivity index (χ0v) is 20.8. The van der Waals surface area contributed by atoms with E-state index in [1.165, 1.54) is 0 Å². The lowest BCUT2D eigenvalue weighted by Gasteiger charge is -2.28. The van der Waals surface area contributed by atoms with Crippen LogP contribution in [0.5, 0.6) is 0 Å². The summed E-state index contributed by atoms with van der Waals surface area (Å²) >= 11 is 0. The number of aromatic nitrogens is 2. The maximum absolute atomic E-state index is 12.8. The number of rotatable bonds is 6. The van der Waals surface area contributed by atoms with E-state index >= 15 is 0 Å². The molecule has 1 aliphatic carbocycles. The second-order valence-corrected chi connectivity index (χ2v) is 9.52. The predicted molar refractivity (Wildman–Crippen MR) is 148 cm³/mol. The van der Waals surface area contributed by atoms with Gasteiger partial charge in [-0.25, -0.2) is 4.98 Å². The van der Waals surface area contributed by atoms with Gasteiger partial charge in [0.15, 0.2) is 0 Å². The van der Waals surface area contributed by atoms with Gasteiger partial charge in [-0.1, -0.05) is 12.1 Å². The third-order valence-electron chi connectivity index (χ3n) is 6.92. The highest BCUT2D eigenvalue weighted by Crippen LogP contribution is 2.33. The number of benzene rings is 3. The number of ether oxygens (including phenoxy) is 1. The maximum Gasteiger partial charge on any atom is 0.302 e. The summed E-state index contributed by atoms with van der Waals surface area (Å²) < 4.78 is 5.41. The lowest BCUT2D eigenvalue weighted by Crippen LogP contribution is -2.36. The first-order chi connectivity index (χ1) is 18.6. The van der Waals surface area contributed by atoms with Crippen molar-refractivity contribution in [2.75, 3.05) is 41.4 Å². The molecule has 38 heavy (non-hydrogen) atoms. The van der Waals surface area contributed by atoms with Gasteiger partial charge >= 0.3 is 5.91 Å². The molecule has 0 spiro atoms. The monoisotopic (exact) mass is 505 g/mol. The van der Waals surface area contributed by atoms with Gasteiger partial charge in [-0.05, 0) is 73.4 Å². The first-order valence-electron chi connectivity index (χ1n) is 12.7. The third-order valence-corrected chi connectivity index (χ3v) is 6.92. The normalized spacial score (nSPS) is 15.2. The van der Waals surface area contributed by atoms with Gasteiger partial charge in [0.1, 0.15) is 5.82 Å². The molecule has 2 amide bonds. The molecule has 8 heteroatoms. The van der Waals surface area contributed by atoms with Gasteiger partial charge in [-0.3, -0.25) is 14.5 Å². The van der Waals surface area contributed by atoms with E-state index in [1.807, 2.05) is 54.6 Å². The molecule has 1 saturated heterocycles. The van der Waals surface area contributed by atoms with Crippen molar-refractivity contribution >= 4 is 39.9 Å². The number of aromatic amines is 1. The Morgan fingerprint density at radius 1 is 1.03 bits per heavy atom. The largest absolute Gasteiger partial charge is 0.378 e. The number of hydrogen-bond donors (Lipinski definition) is 2. The molecule has 0 radical (unpaired) electrons. The molecule has 2 N–H and O–H groups in total. The molecule has 3 aromatic carbocycles. The van der Waals surface area contributed by atoms with E-state index in [0.29, 0.717) is 11.4 Å². The molecular formula is C30H27N5O3. The van der Waals surface area contributed by atoms with Crippen molar-refractivity contribution in [2.45, 2.75) is 18.9 Å². The summed E-state index contributed by atoms with van der Waals surface area (Å²) in [7, 11) is 0. The number of hydrogen-bond acceptors (Lipinski definition) is 5. The van der Waals surface area contributed by atoms with E-state index in [2.05, 4.69) is 21.1 Å². The molecule has 1 aliphatic heterocycles. The molecule has 0 bridgehead atoms. The van der Waals surface area contributed by atoms with Crippen LogP contribution in [0.2, 0.25) is 0 Å². The predicted octanol–water partition coefficient (Wildman–Crippen LogP) is 4.45. The Bertz CT molecular complexity index is 1530. The van der Waals surface area contributed by atoms with E-state index in [9.17, 15) is 9.59 Å². The molecule has 190 valence electrons. The minimum absolute atomic E-state index is 0.163. The molecule has 2 heterocycles. The van der Waals surface area contributed by atoms with Crippen molar-refractivity contribution in [3.63, 3.8) is 0 Å². The number of terminal acetylenes is 1. The number of anilines is 3. The first-order valence-corrected chi connectivity index (χ1v) is 12.7. The quantitative estimate of drug-likeness (QED) is 0.378. The second kappa shape index (κ2) is 10.0. The molecule has 0 atom stereocenters. The van der Waals surface area contributed by atoms with E-state index in [1.54, 1.807) is 17.0 Å². The summed E-state index contributed by atoms with van der Waals surface area (Å²) in [6.07, 6.45) is 7.29. The molecule has 4 aromatic rings. The zero-order valence-electron chi connectivity index (χ0n) is 20.8. The second-order valence-electron chi connectivity index (χ2n) is 9.52. The fraction of sp³-hybridized carbons (Fsp3) is 0.233. The van der Waals surface area contributed by atoms with E-state index < -0.39 is 0 Å². The average Bonchev–Trinajstić information content (AvgIpc) is 3.70. The van der Waals surface area contributed by atoms with Crippen LogP contribution in [0.4, 0.5) is 17.1 Å². The van der Waals surface area contributed by atoms with Crippen LogP contribution in [-0.4, -0.2) is 54.1 Å². The standard InChI is InChI=1S/C30H27N5O3/c1-2-28(36)35(24-11-12-24)25-13-14-26-27(19-25)33-29(32-26)20-3-5-21(6-4-20)30(37)31-22-7-9-23(10-8-22)34-15-17-38-18-16-34/h1,3-10,13-14,19,24H,11-12,15-18H2,(H,31,37)(H,32,33). The molecule has 0 unspecified atom stereocenters. The highest BCUT2D eigenvalue weighted by atomic mass is 16.5. The maximum atomic E-state index is 12.8. The number of carbonyl (C=O) groups is 2. The average molecular weight is 506 g/mol. The fourth-order valence-corrected chi connectivity index (χ4v) is 4.74. The molecule has 2 aliphatic rings. The lowest BCUT2D eigenvalue weighted by atomic mass is 10.1. The van der Waals surface area contributed by atoms with Crippen LogP contribution >= 0.6 is 0 Å². The molecular weight excluding hydrogens is 478 g/mol. The van der Waals surface area contributed by atoms with Gasteiger partial charge in [0.25, 0.3) is 5.91 Å². The number of imidazole rings is 1. The van der Waals surface area contributed by atoms with Gasteiger partial charge in [0.2, 0.25) is 0 Å². The van der Waals surface area contributed by atoms with Crippen molar-refractivity contribution in [3.05, 3.63) is 72.3 Å². The number of morpholine rings is 1. The molecule has 8 nitrogen and oxygen atoms in total. The smallest absolute Gasteiger partial charge is 0.302 e. The summed E-state index contributed by atoms with van der Waals surface area (Å²) in [5, 5.41) is 2.96. The van der Waals surface area contributed by atoms with Crippen LogP contribution in [-0.2, 0) is 9.53 Å². The third kappa shape index (κ3) is 4.84. The number of amides is 2. The number of carbonyl (C=O) groups excluding carboxylic acids is 2. The number of nitrogens with zero attached hydrogens (tertiary/aromatic N) is 3. The Hall–Kier alpha value is -4.61. The molecule has 6 rings (SSSR count). The highest BCUT2D eigenvalue weighted by molar-refractivity contribution is 6.07. The molecule has 2 fully saturated rings.